The van der Waals surface area contributed by atoms with Crippen LogP contribution in [-0.2, 0) is 11.2 Å². The lowest BCUT2D eigenvalue weighted by molar-refractivity contribution is 0.0497. The summed E-state index contributed by atoms with van der Waals surface area (Å²) in [7, 11) is 0. The Morgan fingerprint density at radius 1 is 1.00 bits per heavy atom. The second kappa shape index (κ2) is 9.88. The topological polar surface area (TPSA) is 39.4 Å². The van der Waals surface area contributed by atoms with Gasteiger partial charge in [0.1, 0.15) is 5.76 Å². The molecule has 0 aliphatic heterocycles. The van der Waals surface area contributed by atoms with E-state index in [-0.39, 0.29) is 5.97 Å². The Hall–Kier alpha value is -2.03. The van der Waals surface area contributed by atoms with Gasteiger partial charge in [0.25, 0.3) is 0 Å². The Bertz CT molecular complexity index is 555. The molecule has 0 atom stereocenters. The van der Waals surface area contributed by atoms with Crippen LogP contribution in [0.25, 0.3) is 0 Å². The molecule has 0 fully saturated rings. The number of rotatable bonds is 10. The fraction of sp³-hybridized carbons (Fsp3) is 0.450. The van der Waals surface area contributed by atoms with Gasteiger partial charge in [-0.2, -0.15) is 0 Å². The highest BCUT2D eigenvalue weighted by Crippen LogP contribution is 2.12. The van der Waals surface area contributed by atoms with Gasteiger partial charge in [0.05, 0.1) is 18.4 Å². The van der Waals surface area contributed by atoms with E-state index >= 15 is 0 Å². The van der Waals surface area contributed by atoms with Crippen LogP contribution in [0.15, 0.2) is 47.1 Å². The first-order chi connectivity index (χ1) is 11.3. The van der Waals surface area contributed by atoms with E-state index in [2.05, 4.69) is 6.92 Å². The Kier molecular flexibility index (Phi) is 7.44. The highest BCUT2D eigenvalue weighted by Gasteiger charge is 2.07. The molecule has 0 bridgehead atoms. The van der Waals surface area contributed by atoms with Crippen LogP contribution < -0.4 is 0 Å². The third-order valence-electron chi connectivity index (χ3n) is 3.88. The fourth-order valence-electron chi connectivity index (χ4n) is 2.50. The molecule has 0 saturated heterocycles. The average Bonchev–Trinajstić information content (AvgIpc) is 3.07. The van der Waals surface area contributed by atoms with Crippen molar-refractivity contribution in [1.82, 2.24) is 0 Å². The maximum atomic E-state index is 12.0. The molecular weight excluding hydrogens is 288 g/mol. The number of esters is 1. The van der Waals surface area contributed by atoms with Crippen molar-refractivity contribution in [2.24, 2.45) is 0 Å². The molecule has 3 nitrogen and oxygen atoms in total. The molecule has 1 aromatic heterocycles. The zero-order chi connectivity index (χ0) is 16.3. The predicted octanol–water partition coefficient (Wildman–Crippen LogP) is 5.39. The van der Waals surface area contributed by atoms with Crippen molar-refractivity contribution in [3.05, 3.63) is 59.5 Å². The molecule has 2 aromatic rings. The van der Waals surface area contributed by atoms with E-state index in [1.54, 1.807) is 6.26 Å². The van der Waals surface area contributed by atoms with E-state index in [1.165, 1.54) is 25.7 Å². The summed E-state index contributed by atoms with van der Waals surface area (Å²) in [4.78, 5) is 12.0. The fourth-order valence-corrected chi connectivity index (χ4v) is 2.50. The van der Waals surface area contributed by atoms with Crippen molar-refractivity contribution in [2.75, 3.05) is 6.61 Å². The Morgan fingerprint density at radius 3 is 2.43 bits per heavy atom. The number of carbonyl (C=O) groups excluding carboxylic acids is 1. The van der Waals surface area contributed by atoms with Crippen molar-refractivity contribution in [1.29, 1.82) is 0 Å². The smallest absolute Gasteiger partial charge is 0.338 e. The number of hydrogen-bond donors (Lipinski definition) is 0. The van der Waals surface area contributed by atoms with Crippen LogP contribution in [0.1, 0.15) is 67.1 Å². The van der Waals surface area contributed by atoms with Crippen LogP contribution in [-0.4, -0.2) is 12.6 Å². The highest BCUT2D eigenvalue weighted by molar-refractivity contribution is 5.89. The Balaban J connectivity index is 1.68. The second-order valence-electron chi connectivity index (χ2n) is 5.86. The van der Waals surface area contributed by atoms with Gasteiger partial charge in [0.15, 0.2) is 0 Å². The molecule has 0 aliphatic carbocycles. The van der Waals surface area contributed by atoms with Crippen molar-refractivity contribution >= 4 is 5.97 Å². The van der Waals surface area contributed by atoms with Crippen molar-refractivity contribution in [3.63, 3.8) is 0 Å². The standard InChI is InChI=1S/C20H26O3/c1-2-3-4-5-6-7-14-23-20(21)18-12-10-17(11-13-18)16-19-9-8-15-22-19/h8-13,15H,2-7,14,16H2,1H3. The maximum absolute atomic E-state index is 12.0. The molecule has 0 N–H and O–H groups in total. The van der Waals surface area contributed by atoms with E-state index < -0.39 is 0 Å². The van der Waals surface area contributed by atoms with Crippen LogP contribution in [0.2, 0.25) is 0 Å². The number of benzene rings is 1. The predicted molar refractivity (Wildman–Crippen MR) is 91.6 cm³/mol. The number of ether oxygens (including phenoxy) is 1. The lowest BCUT2D eigenvalue weighted by Gasteiger charge is -2.06. The third-order valence-corrected chi connectivity index (χ3v) is 3.88. The average molecular weight is 314 g/mol. The highest BCUT2D eigenvalue weighted by atomic mass is 16.5. The van der Waals surface area contributed by atoms with Crippen LogP contribution in [0.5, 0.6) is 0 Å². The number of unbranched alkanes of at least 4 members (excludes halogenated alkanes) is 5. The largest absolute Gasteiger partial charge is 0.469 e. The zero-order valence-electron chi connectivity index (χ0n) is 13.9. The minimum absolute atomic E-state index is 0.233. The van der Waals surface area contributed by atoms with Crippen molar-refractivity contribution in [2.45, 2.75) is 51.9 Å². The summed E-state index contributed by atoms with van der Waals surface area (Å²) in [5, 5.41) is 0. The molecule has 0 radical (unpaired) electrons. The summed E-state index contributed by atoms with van der Waals surface area (Å²) >= 11 is 0. The monoisotopic (exact) mass is 314 g/mol. The SMILES string of the molecule is CCCCCCCCOC(=O)c1ccc(Cc2ccco2)cc1. The first-order valence-corrected chi connectivity index (χ1v) is 8.58. The normalized spacial score (nSPS) is 10.7. The van der Waals surface area contributed by atoms with E-state index in [0.717, 1.165) is 30.6 Å². The number of hydrogen-bond acceptors (Lipinski definition) is 3. The molecule has 0 saturated carbocycles. The van der Waals surface area contributed by atoms with Gasteiger partial charge in [-0.05, 0) is 36.2 Å². The van der Waals surface area contributed by atoms with Gasteiger partial charge in [-0.15, -0.1) is 0 Å². The van der Waals surface area contributed by atoms with Gasteiger partial charge >= 0.3 is 5.97 Å². The van der Waals surface area contributed by atoms with Crippen molar-refractivity contribution in [3.8, 4) is 0 Å². The van der Waals surface area contributed by atoms with Gasteiger partial charge in [-0.3, -0.25) is 0 Å². The summed E-state index contributed by atoms with van der Waals surface area (Å²) < 4.78 is 10.6. The van der Waals surface area contributed by atoms with Gasteiger partial charge < -0.3 is 9.15 Å². The first-order valence-electron chi connectivity index (χ1n) is 8.58. The van der Waals surface area contributed by atoms with Gasteiger partial charge in [-0.25, -0.2) is 4.79 Å². The molecule has 1 heterocycles. The lowest BCUT2D eigenvalue weighted by atomic mass is 10.1. The minimum atomic E-state index is -0.233. The molecule has 0 spiro atoms. The Morgan fingerprint density at radius 2 is 1.74 bits per heavy atom. The quantitative estimate of drug-likeness (QED) is 0.436. The van der Waals surface area contributed by atoms with Crippen LogP contribution in [0.4, 0.5) is 0 Å². The molecule has 2 rings (SSSR count). The zero-order valence-corrected chi connectivity index (χ0v) is 13.9. The second-order valence-corrected chi connectivity index (χ2v) is 5.86. The summed E-state index contributed by atoms with van der Waals surface area (Å²) in [5.74, 6) is 0.687. The molecule has 3 heteroatoms. The molecule has 0 aliphatic rings. The minimum Gasteiger partial charge on any atom is -0.469 e. The van der Waals surface area contributed by atoms with E-state index in [4.69, 9.17) is 9.15 Å². The van der Waals surface area contributed by atoms with Gasteiger partial charge in [-0.1, -0.05) is 51.2 Å². The molecular formula is C20H26O3. The van der Waals surface area contributed by atoms with E-state index in [0.29, 0.717) is 12.2 Å². The summed E-state index contributed by atoms with van der Waals surface area (Å²) in [5.41, 5.74) is 1.73. The number of furan rings is 1. The van der Waals surface area contributed by atoms with Gasteiger partial charge in [0.2, 0.25) is 0 Å². The van der Waals surface area contributed by atoms with Crippen molar-refractivity contribution < 1.29 is 13.9 Å². The molecule has 124 valence electrons. The van der Waals surface area contributed by atoms with E-state index in [9.17, 15) is 4.79 Å². The summed E-state index contributed by atoms with van der Waals surface area (Å²) in [6, 6.07) is 11.4. The molecule has 23 heavy (non-hydrogen) atoms. The van der Waals surface area contributed by atoms with E-state index in [1.807, 2.05) is 36.4 Å². The number of carbonyl (C=O) groups is 1. The van der Waals surface area contributed by atoms with Gasteiger partial charge in [0, 0.05) is 6.42 Å². The van der Waals surface area contributed by atoms with Crippen LogP contribution in [0.3, 0.4) is 0 Å². The first kappa shape index (κ1) is 17.3. The van der Waals surface area contributed by atoms with Crippen LogP contribution >= 0.6 is 0 Å². The third kappa shape index (κ3) is 6.31. The Labute approximate surface area is 138 Å². The van der Waals surface area contributed by atoms with Crippen LogP contribution in [0, 0.1) is 0 Å². The molecule has 0 amide bonds. The summed E-state index contributed by atoms with van der Waals surface area (Å²) in [6.45, 7) is 2.72. The molecule has 1 aromatic carbocycles. The lowest BCUT2D eigenvalue weighted by Crippen LogP contribution is -2.06. The maximum Gasteiger partial charge on any atom is 0.338 e. The summed E-state index contributed by atoms with van der Waals surface area (Å²) in [6.07, 6.45) is 9.55. The molecule has 0 unspecified atom stereocenters.